The summed E-state index contributed by atoms with van der Waals surface area (Å²) < 4.78 is 14.4. The van der Waals surface area contributed by atoms with E-state index in [4.69, 9.17) is 9.47 Å². The normalized spacial score (nSPS) is 14.2. The summed E-state index contributed by atoms with van der Waals surface area (Å²) in [6.45, 7) is 2.40. The van der Waals surface area contributed by atoms with Gasteiger partial charge in [0.1, 0.15) is 5.75 Å². The van der Waals surface area contributed by atoms with Crippen LogP contribution >= 0.6 is 0 Å². The number of hydrogen-bond acceptors (Lipinski definition) is 5. The van der Waals surface area contributed by atoms with Gasteiger partial charge in [0.25, 0.3) is 0 Å². The topological polar surface area (TPSA) is 74.4 Å². The zero-order chi connectivity index (χ0) is 19.5. The molecule has 1 aromatic carbocycles. The van der Waals surface area contributed by atoms with Gasteiger partial charge in [-0.25, -0.2) is 9.78 Å². The molecule has 3 heterocycles. The van der Waals surface area contributed by atoms with Crippen LogP contribution in [0.4, 0.5) is 4.79 Å². The Labute approximate surface area is 163 Å². The molecule has 3 aromatic rings. The van der Waals surface area contributed by atoms with Crippen molar-refractivity contribution in [3.8, 4) is 28.4 Å². The van der Waals surface area contributed by atoms with Crippen LogP contribution in [0.15, 0.2) is 42.9 Å². The number of ether oxygens (including phenoxy) is 2. The molecule has 4 rings (SSSR count). The molecule has 0 saturated carbocycles. The maximum atomic E-state index is 11.9. The lowest BCUT2D eigenvalue weighted by Crippen LogP contribution is -2.39. The molecular weight excluding hydrogens is 358 g/mol. The molecule has 1 amide bonds. The number of aromatic nitrogens is 4. The molecule has 1 fully saturated rings. The number of carbonyl (C=O) groups excluding carboxylic acids is 1. The van der Waals surface area contributed by atoms with Gasteiger partial charge in [0.05, 0.1) is 37.1 Å². The summed E-state index contributed by atoms with van der Waals surface area (Å²) in [6.07, 6.45) is 4.19. The van der Waals surface area contributed by atoms with Crippen molar-refractivity contribution in [2.75, 3.05) is 26.8 Å². The molecule has 1 saturated heterocycles. The summed E-state index contributed by atoms with van der Waals surface area (Å²) in [4.78, 5) is 18.3. The van der Waals surface area contributed by atoms with Gasteiger partial charge in [0.2, 0.25) is 0 Å². The second-order valence-electron chi connectivity index (χ2n) is 6.66. The fraction of sp³-hybridized carbons (Fsp3) is 0.350. The number of carbonyl (C=O) groups is 1. The van der Waals surface area contributed by atoms with Gasteiger partial charge in [0.15, 0.2) is 0 Å². The molecule has 0 atom stereocenters. The van der Waals surface area contributed by atoms with Crippen LogP contribution in [-0.2, 0) is 18.3 Å². The smallest absolute Gasteiger partial charge is 0.409 e. The van der Waals surface area contributed by atoms with Gasteiger partial charge >= 0.3 is 6.09 Å². The highest BCUT2D eigenvalue weighted by atomic mass is 16.6. The van der Waals surface area contributed by atoms with E-state index in [0.29, 0.717) is 19.7 Å². The number of imidazole rings is 1. The molecule has 0 spiro atoms. The zero-order valence-corrected chi connectivity index (χ0v) is 16.0. The minimum atomic E-state index is -0.249. The summed E-state index contributed by atoms with van der Waals surface area (Å²) in [5, 5.41) is 4.31. The van der Waals surface area contributed by atoms with E-state index in [-0.39, 0.29) is 6.09 Å². The van der Waals surface area contributed by atoms with Crippen LogP contribution < -0.4 is 4.74 Å². The molecule has 0 radical (unpaired) electrons. The molecule has 0 unspecified atom stereocenters. The summed E-state index contributed by atoms with van der Waals surface area (Å²) >= 11 is 0. The van der Waals surface area contributed by atoms with Gasteiger partial charge in [-0.2, -0.15) is 5.10 Å². The number of aryl methyl sites for hydroxylation is 1. The minimum absolute atomic E-state index is 0.249. The Morgan fingerprint density at radius 1 is 1.25 bits per heavy atom. The molecule has 0 bridgehead atoms. The van der Waals surface area contributed by atoms with Crippen molar-refractivity contribution < 1.29 is 14.3 Å². The lowest BCUT2D eigenvalue weighted by molar-refractivity contribution is 0.0716. The second kappa shape index (κ2) is 7.75. The minimum Gasteiger partial charge on any atom is -0.497 e. The second-order valence-corrected chi connectivity index (χ2v) is 6.66. The molecule has 146 valence electrons. The molecule has 2 aromatic heterocycles. The maximum absolute atomic E-state index is 11.9. The lowest BCUT2D eigenvalue weighted by Gasteiger charge is -2.26. The molecule has 8 nitrogen and oxygen atoms in total. The third kappa shape index (κ3) is 3.45. The first-order chi connectivity index (χ1) is 13.7. The van der Waals surface area contributed by atoms with E-state index >= 15 is 0 Å². The number of benzene rings is 1. The number of cyclic esters (lactones) is 1. The van der Waals surface area contributed by atoms with Crippen molar-refractivity contribution in [2.24, 2.45) is 7.05 Å². The first-order valence-electron chi connectivity index (χ1n) is 9.27. The molecule has 0 N–H and O–H groups in total. The van der Waals surface area contributed by atoms with Crippen LogP contribution in [0.25, 0.3) is 22.6 Å². The van der Waals surface area contributed by atoms with E-state index in [0.717, 1.165) is 41.4 Å². The van der Waals surface area contributed by atoms with Crippen LogP contribution in [-0.4, -0.2) is 57.1 Å². The van der Waals surface area contributed by atoms with Crippen molar-refractivity contribution in [1.29, 1.82) is 0 Å². The zero-order valence-electron chi connectivity index (χ0n) is 16.0. The van der Waals surface area contributed by atoms with Crippen molar-refractivity contribution in [1.82, 2.24) is 24.2 Å². The molecule has 0 aliphatic carbocycles. The molecule has 1 aliphatic heterocycles. The Hall–Kier alpha value is -3.29. The molecule has 28 heavy (non-hydrogen) atoms. The number of amides is 1. The molecule has 8 heteroatoms. The summed E-state index contributed by atoms with van der Waals surface area (Å²) in [6, 6.07) is 9.80. The Bertz CT molecular complexity index is 978. The monoisotopic (exact) mass is 381 g/mol. The van der Waals surface area contributed by atoms with E-state index in [1.807, 2.05) is 48.4 Å². The molecular formula is C20H23N5O3. The Kier molecular flexibility index (Phi) is 5.01. The van der Waals surface area contributed by atoms with Crippen molar-refractivity contribution >= 4 is 6.09 Å². The summed E-state index contributed by atoms with van der Waals surface area (Å²) in [7, 11) is 3.56. The number of rotatable bonds is 6. The van der Waals surface area contributed by atoms with Gasteiger partial charge in [-0.1, -0.05) is 12.1 Å². The van der Waals surface area contributed by atoms with Gasteiger partial charge < -0.3 is 18.9 Å². The van der Waals surface area contributed by atoms with E-state index in [9.17, 15) is 4.79 Å². The van der Waals surface area contributed by atoms with Gasteiger partial charge in [0, 0.05) is 38.4 Å². The van der Waals surface area contributed by atoms with Crippen LogP contribution in [0, 0.1) is 0 Å². The third-order valence-electron chi connectivity index (χ3n) is 4.91. The Balaban J connectivity index is 1.69. The van der Waals surface area contributed by atoms with E-state index < -0.39 is 0 Å². The SMILES string of the molecule is COc1cccc(-c2ncn(CCN3CCCOC3=O)c2-c2ccnn2C)c1. The highest BCUT2D eigenvalue weighted by Crippen LogP contribution is 2.32. The Morgan fingerprint density at radius 3 is 2.89 bits per heavy atom. The van der Waals surface area contributed by atoms with Crippen LogP contribution in [0.5, 0.6) is 5.75 Å². The number of hydrogen-bond donors (Lipinski definition) is 0. The van der Waals surface area contributed by atoms with E-state index in [1.165, 1.54) is 0 Å². The highest BCUT2D eigenvalue weighted by molar-refractivity contribution is 5.77. The average Bonchev–Trinajstić information content (AvgIpc) is 3.33. The van der Waals surface area contributed by atoms with Gasteiger partial charge in [-0.15, -0.1) is 0 Å². The quantitative estimate of drug-likeness (QED) is 0.656. The first-order valence-corrected chi connectivity index (χ1v) is 9.27. The van der Waals surface area contributed by atoms with E-state index in [2.05, 4.69) is 14.6 Å². The number of nitrogens with zero attached hydrogens (tertiary/aromatic N) is 5. The van der Waals surface area contributed by atoms with Crippen molar-refractivity contribution in [2.45, 2.75) is 13.0 Å². The fourth-order valence-electron chi connectivity index (χ4n) is 3.44. The maximum Gasteiger partial charge on any atom is 0.409 e. The first kappa shape index (κ1) is 18.1. The predicted molar refractivity (Wildman–Crippen MR) is 104 cm³/mol. The largest absolute Gasteiger partial charge is 0.497 e. The lowest BCUT2D eigenvalue weighted by atomic mass is 10.1. The Morgan fingerprint density at radius 2 is 2.14 bits per heavy atom. The standard InChI is InChI=1S/C20H23N5O3/c1-23-17(7-8-22-23)19-18(15-5-3-6-16(13-15)27-2)21-14-25(19)11-10-24-9-4-12-28-20(24)26/h3,5-8,13-14H,4,9-12H2,1-2H3. The van der Waals surface area contributed by atoms with Crippen molar-refractivity contribution in [3.63, 3.8) is 0 Å². The van der Waals surface area contributed by atoms with Crippen LogP contribution in [0.1, 0.15) is 6.42 Å². The third-order valence-corrected chi connectivity index (χ3v) is 4.91. The molecule has 1 aliphatic rings. The van der Waals surface area contributed by atoms with Crippen LogP contribution in [0.3, 0.4) is 0 Å². The van der Waals surface area contributed by atoms with Crippen molar-refractivity contribution in [3.05, 3.63) is 42.9 Å². The number of methoxy groups -OCH3 is 1. The highest BCUT2D eigenvalue weighted by Gasteiger charge is 2.22. The predicted octanol–water partition coefficient (Wildman–Crippen LogP) is 2.80. The fourth-order valence-corrected chi connectivity index (χ4v) is 3.44. The average molecular weight is 381 g/mol. The van der Waals surface area contributed by atoms with Gasteiger partial charge in [-0.3, -0.25) is 4.68 Å². The van der Waals surface area contributed by atoms with E-state index in [1.54, 1.807) is 18.2 Å². The van der Waals surface area contributed by atoms with Gasteiger partial charge in [-0.05, 0) is 24.6 Å². The summed E-state index contributed by atoms with van der Waals surface area (Å²) in [5.74, 6) is 0.777. The summed E-state index contributed by atoms with van der Waals surface area (Å²) in [5.41, 5.74) is 3.73. The van der Waals surface area contributed by atoms with Crippen LogP contribution in [0.2, 0.25) is 0 Å².